The van der Waals surface area contributed by atoms with Gasteiger partial charge in [-0.3, -0.25) is 14.0 Å². The first kappa shape index (κ1) is 35.3. The number of halogens is 2. The fourth-order valence-corrected chi connectivity index (χ4v) is 9.41. The van der Waals surface area contributed by atoms with Crippen molar-refractivity contribution in [2.24, 2.45) is 0 Å². The highest BCUT2D eigenvalue weighted by atomic mass is 79.9. The third kappa shape index (κ3) is 5.98. The maximum Gasteiger partial charge on any atom is 0.170 e. The molecule has 5 aromatic carbocycles. The number of hydrogen-bond donors (Lipinski definition) is 1. The van der Waals surface area contributed by atoms with Gasteiger partial charge in [0, 0.05) is 39.7 Å². The lowest BCUT2D eigenvalue weighted by molar-refractivity contribution is 0.320. The van der Waals surface area contributed by atoms with Crippen LogP contribution >= 0.6 is 31.9 Å². The van der Waals surface area contributed by atoms with Crippen molar-refractivity contribution in [1.82, 2.24) is 39.7 Å². The topological polar surface area (TPSA) is 83.2 Å². The van der Waals surface area contributed by atoms with E-state index in [0.717, 1.165) is 100 Å². The molecule has 0 fully saturated rings. The first-order valence-electron chi connectivity index (χ1n) is 19.1. The standard InChI is InChI=1S/C26H24BrN5.C18H16BrN5/c1-30(14-12-18-6-3-2-4-7-18)17-24-28-29-26-21-9-5-8-19-13-15-31(25(19)21)22-11-10-20(27)16-23(22)32(24)26;1-20-10-16-21-22-18-13-4-2-3-11-7-8-23(17(11)13)14-6-5-12(19)9-15(14)24(16)18/h2-11,16H,12-15,17H2,1H3;2-6,9,20H,7-8,10H2,1H3. The second kappa shape index (κ2) is 14.4. The zero-order chi connectivity index (χ0) is 37.9. The number of aromatic nitrogens is 6. The monoisotopic (exact) mass is 866 g/mol. The summed E-state index contributed by atoms with van der Waals surface area (Å²) in [5.41, 5.74) is 13.7. The molecule has 10 nitrogen and oxygen atoms in total. The average molecular weight is 869 g/mol. The van der Waals surface area contributed by atoms with Crippen molar-refractivity contribution in [1.29, 1.82) is 0 Å². The largest absolute Gasteiger partial charge is 0.339 e. The van der Waals surface area contributed by atoms with Crippen molar-refractivity contribution in [3.05, 3.63) is 140 Å². The van der Waals surface area contributed by atoms with Crippen LogP contribution in [-0.4, -0.2) is 68.2 Å². The number of anilines is 4. The molecule has 6 heterocycles. The highest BCUT2D eigenvalue weighted by molar-refractivity contribution is 9.10. The van der Waals surface area contributed by atoms with Crippen LogP contribution in [0, 0.1) is 0 Å². The van der Waals surface area contributed by atoms with Crippen LogP contribution in [-0.2, 0) is 32.4 Å². The lowest BCUT2D eigenvalue weighted by atomic mass is 10.1. The number of nitrogens with zero attached hydrogens (tertiary/aromatic N) is 9. The van der Waals surface area contributed by atoms with Crippen molar-refractivity contribution in [3.63, 3.8) is 0 Å². The summed E-state index contributed by atoms with van der Waals surface area (Å²) in [4.78, 5) is 7.20. The van der Waals surface area contributed by atoms with Crippen molar-refractivity contribution in [2.75, 3.05) is 43.5 Å². The SMILES string of the molecule is CN(CCc1ccccc1)Cc1nnc2n1-c1cc(Br)ccc1N1CCc3cccc-2c31.CNCc1nnc2n1-c1cc(Br)ccc1N1CCc3cccc-2c31. The van der Waals surface area contributed by atoms with E-state index in [0.29, 0.717) is 6.54 Å². The molecule has 0 radical (unpaired) electrons. The second-order valence-electron chi connectivity index (χ2n) is 14.8. The van der Waals surface area contributed by atoms with E-state index in [1.807, 2.05) is 7.05 Å². The van der Waals surface area contributed by atoms with Crippen molar-refractivity contribution < 1.29 is 0 Å². The summed E-state index contributed by atoms with van der Waals surface area (Å²) in [6.07, 6.45) is 3.14. The molecule has 0 saturated carbocycles. The van der Waals surface area contributed by atoms with Gasteiger partial charge in [-0.25, -0.2) is 0 Å². The van der Waals surface area contributed by atoms with Gasteiger partial charge in [0.15, 0.2) is 23.3 Å². The Kier molecular flexibility index (Phi) is 9.09. The number of rotatable bonds is 7. The summed E-state index contributed by atoms with van der Waals surface area (Å²) in [5, 5.41) is 21.6. The van der Waals surface area contributed by atoms with Crippen LogP contribution < -0.4 is 15.1 Å². The molecule has 56 heavy (non-hydrogen) atoms. The van der Waals surface area contributed by atoms with E-state index in [-0.39, 0.29) is 0 Å². The predicted octanol–water partition coefficient (Wildman–Crippen LogP) is 8.80. The summed E-state index contributed by atoms with van der Waals surface area (Å²) >= 11 is 7.31. The molecule has 11 rings (SSSR count). The van der Waals surface area contributed by atoms with Gasteiger partial charge in [-0.2, -0.15) is 0 Å². The highest BCUT2D eigenvalue weighted by Gasteiger charge is 2.34. The van der Waals surface area contributed by atoms with Crippen molar-refractivity contribution >= 4 is 54.6 Å². The van der Waals surface area contributed by atoms with Gasteiger partial charge in [0.2, 0.25) is 0 Å². The Morgan fingerprint density at radius 2 is 1.18 bits per heavy atom. The number of hydrogen-bond acceptors (Lipinski definition) is 8. The zero-order valence-electron chi connectivity index (χ0n) is 31.3. The Morgan fingerprint density at radius 3 is 1.75 bits per heavy atom. The molecule has 7 aromatic rings. The number of fused-ring (bicyclic) bond motifs is 10. The van der Waals surface area contributed by atoms with E-state index >= 15 is 0 Å². The Balaban J connectivity index is 0.000000143. The zero-order valence-corrected chi connectivity index (χ0v) is 34.4. The minimum atomic E-state index is 0.675. The Labute approximate surface area is 343 Å². The highest BCUT2D eigenvalue weighted by Crippen LogP contribution is 2.49. The Bertz CT molecular complexity index is 2620. The van der Waals surface area contributed by atoms with E-state index in [4.69, 9.17) is 5.10 Å². The molecule has 4 aliphatic rings. The first-order chi connectivity index (χ1) is 27.5. The summed E-state index contributed by atoms with van der Waals surface area (Å²) in [6.45, 7) is 4.37. The van der Waals surface area contributed by atoms with Gasteiger partial charge >= 0.3 is 0 Å². The van der Waals surface area contributed by atoms with Crippen LogP contribution in [0.2, 0.25) is 0 Å². The molecule has 12 heteroatoms. The van der Waals surface area contributed by atoms with Crippen LogP contribution in [0.1, 0.15) is 28.3 Å². The third-order valence-electron chi connectivity index (χ3n) is 11.2. The molecule has 280 valence electrons. The van der Waals surface area contributed by atoms with Crippen LogP contribution in [0.15, 0.2) is 112 Å². The van der Waals surface area contributed by atoms with E-state index in [2.05, 4.69) is 186 Å². The van der Waals surface area contributed by atoms with E-state index in [1.54, 1.807) is 0 Å². The maximum atomic E-state index is 4.71. The van der Waals surface area contributed by atoms with Gasteiger partial charge in [-0.1, -0.05) is 86.5 Å². The van der Waals surface area contributed by atoms with Crippen LogP contribution in [0.4, 0.5) is 22.7 Å². The molecule has 0 atom stereocenters. The molecule has 0 saturated heterocycles. The van der Waals surface area contributed by atoms with Gasteiger partial charge in [-0.05, 0) is 98.6 Å². The smallest absolute Gasteiger partial charge is 0.170 e. The van der Waals surface area contributed by atoms with Crippen molar-refractivity contribution in [3.8, 4) is 34.2 Å². The fraction of sp³-hybridized carbons (Fsp3) is 0.227. The molecule has 0 spiro atoms. The second-order valence-corrected chi connectivity index (χ2v) is 16.6. The molecule has 1 N–H and O–H groups in total. The molecule has 4 aliphatic heterocycles. The average Bonchev–Trinajstić information content (AvgIpc) is 4.01. The minimum Gasteiger partial charge on any atom is -0.339 e. The van der Waals surface area contributed by atoms with E-state index < -0.39 is 0 Å². The van der Waals surface area contributed by atoms with Gasteiger partial charge in [0.1, 0.15) is 0 Å². The number of nitrogens with one attached hydrogen (secondary N) is 1. The van der Waals surface area contributed by atoms with Crippen LogP contribution in [0.25, 0.3) is 34.2 Å². The molecule has 0 aliphatic carbocycles. The summed E-state index contributed by atoms with van der Waals surface area (Å²) < 4.78 is 6.56. The molecule has 0 unspecified atom stereocenters. The van der Waals surface area contributed by atoms with Crippen LogP contribution in [0.5, 0.6) is 0 Å². The molecule has 0 amide bonds. The quantitative estimate of drug-likeness (QED) is 0.170. The molecule has 0 bridgehead atoms. The first-order valence-corrected chi connectivity index (χ1v) is 20.7. The van der Waals surface area contributed by atoms with Gasteiger partial charge in [0.05, 0.1) is 47.2 Å². The van der Waals surface area contributed by atoms with Gasteiger partial charge in [0.25, 0.3) is 0 Å². The van der Waals surface area contributed by atoms with Gasteiger partial charge in [-0.15, -0.1) is 20.4 Å². The lowest BCUT2D eigenvalue weighted by Crippen LogP contribution is -2.23. The number of benzene rings is 5. The lowest BCUT2D eigenvalue weighted by Gasteiger charge is -2.22. The van der Waals surface area contributed by atoms with Crippen LogP contribution in [0.3, 0.4) is 0 Å². The van der Waals surface area contributed by atoms with E-state index in [1.165, 1.54) is 39.4 Å². The summed E-state index contributed by atoms with van der Waals surface area (Å²) in [6, 6.07) is 36.7. The van der Waals surface area contributed by atoms with Crippen molar-refractivity contribution in [2.45, 2.75) is 32.4 Å². The maximum absolute atomic E-state index is 4.71. The Morgan fingerprint density at radius 1 is 0.625 bits per heavy atom. The molecular formula is C44H40Br2N10. The van der Waals surface area contributed by atoms with Gasteiger partial charge < -0.3 is 15.1 Å². The third-order valence-corrected chi connectivity index (χ3v) is 12.2. The number of likely N-dealkylation sites (N-methyl/N-ethyl adjacent to an activating group) is 1. The summed E-state index contributed by atoms with van der Waals surface area (Å²) in [5.74, 6) is 3.73. The molecule has 2 aromatic heterocycles. The minimum absolute atomic E-state index is 0.675. The summed E-state index contributed by atoms with van der Waals surface area (Å²) in [7, 11) is 4.09. The Hall–Kier alpha value is -5.14. The predicted molar refractivity (Wildman–Crippen MR) is 230 cm³/mol. The number of para-hydroxylation sites is 2. The normalized spacial score (nSPS) is 13.9. The van der Waals surface area contributed by atoms with E-state index in [9.17, 15) is 0 Å². The fourth-order valence-electron chi connectivity index (χ4n) is 8.71. The molecular weight excluding hydrogens is 828 g/mol.